The molecule has 3 aliphatic rings. The third-order valence-corrected chi connectivity index (χ3v) is 10.3. The summed E-state index contributed by atoms with van der Waals surface area (Å²) in [5, 5.41) is 0. The normalized spacial score (nSPS) is 25.9. The molecule has 3 fully saturated rings. The van der Waals surface area contributed by atoms with Crippen LogP contribution in [0.1, 0.15) is 42.5 Å². The van der Waals surface area contributed by atoms with Crippen LogP contribution in [-0.4, -0.2) is 93.7 Å². The number of sulfonamides is 1. The Morgan fingerprint density at radius 1 is 0.871 bits per heavy atom. The Labute approximate surface area is 185 Å². The summed E-state index contributed by atoms with van der Waals surface area (Å²) in [6, 6.07) is 6.33. The lowest BCUT2D eigenvalue weighted by molar-refractivity contribution is 0.0587. The zero-order valence-corrected chi connectivity index (χ0v) is 19.4. The number of amides is 1. The zero-order chi connectivity index (χ0) is 22.1. The van der Waals surface area contributed by atoms with Crippen molar-refractivity contribution in [3.63, 3.8) is 0 Å². The summed E-state index contributed by atoms with van der Waals surface area (Å²) < 4.78 is 50.8. The number of sulfone groups is 1. The molecule has 0 N–H and O–H groups in total. The fraction of sp³-hybridized carbons (Fsp3) is 0.667. The maximum atomic E-state index is 12.9. The molecule has 1 aromatic rings. The van der Waals surface area contributed by atoms with Crippen LogP contribution in [0.2, 0.25) is 0 Å². The van der Waals surface area contributed by atoms with Gasteiger partial charge in [-0.3, -0.25) is 9.69 Å². The highest BCUT2D eigenvalue weighted by atomic mass is 32.2. The van der Waals surface area contributed by atoms with E-state index in [1.807, 2.05) is 0 Å². The fourth-order valence-corrected chi connectivity index (χ4v) is 8.02. The summed E-state index contributed by atoms with van der Waals surface area (Å²) >= 11 is 0. The molecule has 0 bridgehead atoms. The number of benzene rings is 1. The average Bonchev–Trinajstić information content (AvgIpc) is 2.96. The van der Waals surface area contributed by atoms with Crippen LogP contribution in [0.25, 0.3) is 0 Å². The van der Waals surface area contributed by atoms with Gasteiger partial charge < -0.3 is 4.90 Å². The van der Waals surface area contributed by atoms with E-state index in [0.29, 0.717) is 51.3 Å². The molecule has 0 radical (unpaired) electrons. The van der Waals surface area contributed by atoms with Crippen molar-refractivity contribution < 1.29 is 21.6 Å². The van der Waals surface area contributed by atoms with Crippen molar-refractivity contribution >= 4 is 25.8 Å². The maximum absolute atomic E-state index is 12.9. The molecule has 3 saturated heterocycles. The number of carbonyl (C=O) groups excluding carboxylic acids is 1. The molecule has 0 aromatic heterocycles. The highest BCUT2D eigenvalue weighted by molar-refractivity contribution is 7.91. The van der Waals surface area contributed by atoms with Crippen molar-refractivity contribution in [2.75, 3.05) is 50.8 Å². The molecule has 1 unspecified atom stereocenters. The predicted octanol–water partition coefficient (Wildman–Crippen LogP) is 1.20. The second kappa shape index (κ2) is 9.17. The standard InChI is InChI=1S/C21H31N3O5S2/c25-21(23-14-12-22(13-15-23)19-9-16-30(26,27)17-19)18-5-7-20(8-6-18)31(28,29)24-10-3-1-2-4-11-24/h5-8,19H,1-4,9-17H2. The van der Waals surface area contributed by atoms with Gasteiger partial charge in [-0.1, -0.05) is 12.8 Å². The van der Waals surface area contributed by atoms with Crippen LogP contribution in [-0.2, 0) is 19.9 Å². The highest BCUT2D eigenvalue weighted by Gasteiger charge is 2.34. The van der Waals surface area contributed by atoms with Crippen LogP contribution in [0, 0.1) is 0 Å². The van der Waals surface area contributed by atoms with Crippen molar-refractivity contribution in [1.82, 2.24) is 14.1 Å². The van der Waals surface area contributed by atoms with E-state index in [0.717, 1.165) is 25.7 Å². The summed E-state index contributed by atoms with van der Waals surface area (Å²) in [6.07, 6.45) is 4.55. The molecule has 3 heterocycles. The molecular weight excluding hydrogens is 438 g/mol. The van der Waals surface area contributed by atoms with Gasteiger partial charge in [-0.15, -0.1) is 0 Å². The van der Waals surface area contributed by atoms with Crippen LogP contribution >= 0.6 is 0 Å². The third-order valence-electron chi connectivity index (χ3n) is 6.63. The van der Waals surface area contributed by atoms with Crippen LogP contribution in [0.3, 0.4) is 0 Å². The van der Waals surface area contributed by atoms with Crippen LogP contribution in [0.5, 0.6) is 0 Å². The van der Waals surface area contributed by atoms with Crippen LogP contribution in [0.4, 0.5) is 0 Å². The van der Waals surface area contributed by atoms with Crippen LogP contribution in [0.15, 0.2) is 29.2 Å². The smallest absolute Gasteiger partial charge is 0.253 e. The molecule has 4 rings (SSSR count). The Balaban J connectivity index is 1.36. The van der Waals surface area contributed by atoms with Gasteiger partial charge in [-0.05, 0) is 43.5 Å². The number of hydrogen-bond acceptors (Lipinski definition) is 6. The van der Waals surface area contributed by atoms with Gasteiger partial charge in [0.15, 0.2) is 9.84 Å². The van der Waals surface area contributed by atoms with Gasteiger partial charge in [-0.25, -0.2) is 16.8 Å². The molecule has 3 aliphatic heterocycles. The van der Waals surface area contributed by atoms with Gasteiger partial charge in [-0.2, -0.15) is 4.31 Å². The third kappa shape index (κ3) is 5.13. The lowest BCUT2D eigenvalue weighted by Gasteiger charge is -2.37. The summed E-state index contributed by atoms with van der Waals surface area (Å²) in [5.41, 5.74) is 0.478. The first-order chi connectivity index (χ1) is 14.8. The first-order valence-electron chi connectivity index (χ1n) is 11.1. The molecule has 1 amide bonds. The largest absolute Gasteiger partial charge is 0.336 e. The number of hydrogen-bond donors (Lipinski definition) is 0. The fourth-order valence-electron chi connectivity index (χ4n) is 4.74. The molecule has 10 heteroatoms. The predicted molar refractivity (Wildman–Crippen MR) is 118 cm³/mol. The highest BCUT2D eigenvalue weighted by Crippen LogP contribution is 2.22. The molecule has 8 nitrogen and oxygen atoms in total. The molecule has 0 saturated carbocycles. The number of piperazine rings is 1. The second-order valence-electron chi connectivity index (χ2n) is 8.73. The summed E-state index contributed by atoms with van der Waals surface area (Å²) in [6.45, 7) is 3.51. The number of nitrogens with zero attached hydrogens (tertiary/aromatic N) is 3. The lowest BCUT2D eigenvalue weighted by atomic mass is 10.1. The van der Waals surface area contributed by atoms with Gasteiger partial charge in [0.1, 0.15) is 0 Å². The van der Waals surface area contributed by atoms with Gasteiger partial charge in [0, 0.05) is 50.9 Å². The number of carbonyl (C=O) groups is 1. The van der Waals surface area contributed by atoms with Gasteiger partial charge in [0.25, 0.3) is 5.91 Å². The van der Waals surface area contributed by atoms with Crippen molar-refractivity contribution in [3.05, 3.63) is 29.8 Å². The van der Waals surface area contributed by atoms with Crippen molar-refractivity contribution in [2.45, 2.75) is 43.0 Å². The molecule has 1 aromatic carbocycles. The van der Waals surface area contributed by atoms with E-state index >= 15 is 0 Å². The Hall–Kier alpha value is -1.49. The van der Waals surface area contributed by atoms with E-state index in [4.69, 9.17) is 0 Å². The van der Waals surface area contributed by atoms with Gasteiger partial charge in [0.2, 0.25) is 10.0 Å². The Morgan fingerprint density at radius 3 is 2.03 bits per heavy atom. The molecular formula is C21H31N3O5S2. The molecule has 31 heavy (non-hydrogen) atoms. The van der Waals surface area contributed by atoms with E-state index in [2.05, 4.69) is 4.90 Å². The summed E-state index contributed by atoms with van der Waals surface area (Å²) in [7, 11) is -6.45. The Kier molecular flexibility index (Phi) is 6.71. The molecule has 1 atom stereocenters. The SMILES string of the molecule is O=C(c1ccc(S(=O)(=O)N2CCCCCC2)cc1)N1CCN(C2CCS(=O)(=O)C2)CC1. The van der Waals surface area contributed by atoms with Crippen molar-refractivity contribution in [2.24, 2.45) is 0 Å². The first kappa shape index (κ1) is 22.7. The minimum Gasteiger partial charge on any atom is -0.336 e. The molecule has 172 valence electrons. The average molecular weight is 470 g/mol. The molecule has 0 aliphatic carbocycles. The van der Waals surface area contributed by atoms with E-state index in [-0.39, 0.29) is 28.4 Å². The minimum absolute atomic E-state index is 0.0609. The van der Waals surface area contributed by atoms with Gasteiger partial charge in [0.05, 0.1) is 16.4 Å². The summed E-state index contributed by atoms with van der Waals surface area (Å²) in [5.74, 6) is 0.356. The first-order valence-corrected chi connectivity index (χ1v) is 14.4. The van der Waals surface area contributed by atoms with Crippen LogP contribution < -0.4 is 0 Å². The minimum atomic E-state index is -3.53. The number of rotatable bonds is 4. The molecule has 0 spiro atoms. The van der Waals surface area contributed by atoms with Gasteiger partial charge >= 0.3 is 0 Å². The van der Waals surface area contributed by atoms with E-state index in [1.54, 1.807) is 21.3 Å². The quantitative estimate of drug-likeness (QED) is 0.658. The monoisotopic (exact) mass is 469 g/mol. The van der Waals surface area contributed by atoms with E-state index in [1.165, 1.54) is 12.1 Å². The maximum Gasteiger partial charge on any atom is 0.253 e. The van der Waals surface area contributed by atoms with E-state index in [9.17, 15) is 21.6 Å². The zero-order valence-electron chi connectivity index (χ0n) is 17.8. The van der Waals surface area contributed by atoms with E-state index < -0.39 is 19.9 Å². The topological polar surface area (TPSA) is 95.1 Å². The Morgan fingerprint density at radius 2 is 1.48 bits per heavy atom. The summed E-state index contributed by atoms with van der Waals surface area (Å²) in [4.78, 5) is 17.1. The van der Waals surface area contributed by atoms with Crippen molar-refractivity contribution in [3.8, 4) is 0 Å². The second-order valence-corrected chi connectivity index (χ2v) is 12.9. The lowest BCUT2D eigenvalue weighted by Crippen LogP contribution is -2.52. The van der Waals surface area contributed by atoms with Crippen molar-refractivity contribution in [1.29, 1.82) is 0 Å². The Bertz CT molecular complexity index is 992.